The first kappa shape index (κ1) is 15.7. The normalized spacial score (nSPS) is 13.5. The predicted octanol–water partition coefficient (Wildman–Crippen LogP) is 1.73. The molecule has 0 aliphatic rings. The summed E-state index contributed by atoms with van der Waals surface area (Å²) in [6, 6.07) is 6.60. The lowest BCUT2D eigenvalue weighted by molar-refractivity contribution is -0.141. The van der Waals surface area contributed by atoms with Gasteiger partial charge in [0.2, 0.25) is 10.0 Å². The van der Waals surface area contributed by atoms with Gasteiger partial charge in [0.05, 0.1) is 10.8 Å². The monoisotopic (exact) mass is 285 g/mol. The van der Waals surface area contributed by atoms with E-state index < -0.39 is 21.9 Å². The lowest BCUT2D eigenvalue weighted by Crippen LogP contribution is -2.36. The summed E-state index contributed by atoms with van der Waals surface area (Å²) in [7, 11) is -3.63. The van der Waals surface area contributed by atoms with Gasteiger partial charge in [0.15, 0.2) is 0 Å². The molecule has 0 aliphatic heterocycles. The molecule has 6 heteroatoms. The summed E-state index contributed by atoms with van der Waals surface area (Å²) in [5.41, 5.74) is 0.850. The van der Waals surface area contributed by atoms with E-state index in [9.17, 15) is 13.2 Å². The number of carboxylic acids is 1. The van der Waals surface area contributed by atoms with Crippen LogP contribution in [0.25, 0.3) is 0 Å². The van der Waals surface area contributed by atoms with Crippen molar-refractivity contribution < 1.29 is 18.3 Å². The van der Waals surface area contributed by atoms with E-state index >= 15 is 0 Å². The molecule has 0 heterocycles. The zero-order valence-corrected chi connectivity index (χ0v) is 12.1. The van der Waals surface area contributed by atoms with E-state index in [0.717, 1.165) is 5.56 Å². The maximum absolute atomic E-state index is 12.4. The Hall–Kier alpha value is -1.40. The van der Waals surface area contributed by atoms with E-state index in [-0.39, 0.29) is 18.0 Å². The second kappa shape index (κ2) is 6.16. The quantitative estimate of drug-likeness (QED) is 0.863. The summed E-state index contributed by atoms with van der Waals surface area (Å²) < 4.78 is 26.0. The lowest BCUT2D eigenvalue weighted by Gasteiger charge is -2.22. The van der Waals surface area contributed by atoms with Gasteiger partial charge < -0.3 is 5.11 Å². The van der Waals surface area contributed by atoms with Crippen molar-refractivity contribution in [1.29, 1.82) is 0 Å². The van der Waals surface area contributed by atoms with E-state index in [0.29, 0.717) is 0 Å². The van der Waals surface area contributed by atoms with Gasteiger partial charge in [-0.1, -0.05) is 26.0 Å². The minimum atomic E-state index is -3.63. The Morgan fingerprint density at radius 1 is 1.42 bits per heavy atom. The van der Waals surface area contributed by atoms with Crippen LogP contribution in [0, 0.1) is 12.8 Å². The molecule has 1 N–H and O–H groups in total. The Balaban J connectivity index is 3.06. The first-order chi connectivity index (χ1) is 8.78. The highest BCUT2D eigenvalue weighted by Crippen LogP contribution is 2.18. The Labute approximate surface area is 113 Å². The van der Waals surface area contributed by atoms with Crippen molar-refractivity contribution in [2.75, 3.05) is 13.1 Å². The van der Waals surface area contributed by atoms with Crippen LogP contribution in [-0.2, 0) is 14.8 Å². The fourth-order valence-electron chi connectivity index (χ4n) is 1.71. The summed E-state index contributed by atoms with van der Waals surface area (Å²) in [5.74, 6) is -1.74. The molecule has 0 saturated heterocycles. The molecular weight excluding hydrogens is 266 g/mol. The molecule has 0 radical (unpaired) electrons. The number of sulfonamides is 1. The molecule has 106 valence electrons. The van der Waals surface area contributed by atoms with Crippen molar-refractivity contribution in [2.45, 2.75) is 25.7 Å². The smallest absolute Gasteiger partial charge is 0.307 e. The van der Waals surface area contributed by atoms with Gasteiger partial charge >= 0.3 is 5.97 Å². The molecule has 0 saturated carbocycles. The number of carbonyl (C=O) groups is 1. The molecule has 0 aromatic heterocycles. The molecular formula is C13H19NO4S. The highest BCUT2D eigenvalue weighted by Gasteiger charge is 2.26. The highest BCUT2D eigenvalue weighted by atomic mass is 32.2. The van der Waals surface area contributed by atoms with E-state index in [1.807, 2.05) is 13.0 Å². The molecule has 0 spiro atoms. The second-order valence-corrected chi connectivity index (χ2v) is 6.45. The van der Waals surface area contributed by atoms with Crippen LogP contribution in [0.5, 0.6) is 0 Å². The number of aryl methyl sites for hydroxylation is 1. The minimum Gasteiger partial charge on any atom is -0.481 e. The van der Waals surface area contributed by atoms with Gasteiger partial charge in [0.1, 0.15) is 0 Å². The molecule has 0 amide bonds. The summed E-state index contributed by atoms with van der Waals surface area (Å²) >= 11 is 0. The van der Waals surface area contributed by atoms with Gasteiger partial charge in [0.25, 0.3) is 0 Å². The van der Waals surface area contributed by atoms with Crippen molar-refractivity contribution in [2.24, 2.45) is 5.92 Å². The Kier molecular flexibility index (Phi) is 5.08. The van der Waals surface area contributed by atoms with Crippen molar-refractivity contribution in [3.05, 3.63) is 29.8 Å². The molecule has 1 aromatic carbocycles. The van der Waals surface area contributed by atoms with Crippen LogP contribution < -0.4 is 0 Å². The van der Waals surface area contributed by atoms with Gasteiger partial charge in [-0.3, -0.25) is 4.79 Å². The molecule has 19 heavy (non-hydrogen) atoms. The second-order valence-electron chi connectivity index (χ2n) is 4.51. The van der Waals surface area contributed by atoms with Gasteiger partial charge in [-0.15, -0.1) is 0 Å². The fraction of sp³-hybridized carbons (Fsp3) is 0.462. The van der Waals surface area contributed by atoms with Gasteiger partial charge in [-0.2, -0.15) is 4.31 Å². The third kappa shape index (κ3) is 3.78. The molecule has 0 bridgehead atoms. The number of hydrogen-bond acceptors (Lipinski definition) is 3. The lowest BCUT2D eigenvalue weighted by atomic mass is 10.2. The van der Waals surface area contributed by atoms with Crippen molar-refractivity contribution >= 4 is 16.0 Å². The molecule has 1 atom stereocenters. The Morgan fingerprint density at radius 3 is 2.53 bits per heavy atom. The number of carboxylic acid groups (broad SMARTS) is 1. The third-order valence-electron chi connectivity index (χ3n) is 2.88. The van der Waals surface area contributed by atoms with Crippen molar-refractivity contribution in [1.82, 2.24) is 4.31 Å². The minimum absolute atomic E-state index is 0.0257. The van der Waals surface area contributed by atoms with E-state index in [1.165, 1.54) is 17.3 Å². The zero-order chi connectivity index (χ0) is 14.6. The number of aliphatic carboxylic acids is 1. The van der Waals surface area contributed by atoms with Crippen LogP contribution in [0.15, 0.2) is 29.2 Å². The van der Waals surface area contributed by atoms with Crippen LogP contribution in [0.2, 0.25) is 0 Å². The number of hydrogen-bond donors (Lipinski definition) is 1. The number of rotatable bonds is 6. The average molecular weight is 285 g/mol. The number of nitrogens with zero attached hydrogens (tertiary/aromatic N) is 1. The summed E-state index contributed by atoms with van der Waals surface area (Å²) in [6.07, 6.45) is 0. The largest absolute Gasteiger partial charge is 0.481 e. The Bertz CT molecular complexity index is 554. The predicted molar refractivity (Wildman–Crippen MR) is 72.4 cm³/mol. The SMILES string of the molecule is CCN(CC(C)C(=O)O)S(=O)(=O)c1cccc(C)c1. The van der Waals surface area contributed by atoms with Crippen LogP contribution in [0.1, 0.15) is 19.4 Å². The van der Waals surface area contributed by atoms with Crippen LogP contribution >= 0.6 is 0 Å². The van der Waals surface area contributed by atoms with E-state index in [2.05, 4.69) is 0 Å². The summed E-state index contributed by atoms with van der Waals surface area (Å²) in [4.78, 5) is 11.0. The highest BCUT2D eigenvalue weighted by molar-refractivity contribution is 7.89. The third-order valence-corrected chi connectivity index (χ3v) is 4.82. The standard InChI is InChI=1S/C13H19NO4S/c1-4-14(9-11(3)13(15)16)19(17,18)12-7-5-6-10(2)8-12/h5-8,11H,4,9H2,1-3H3,(H,15,16). The van der Waals surface area contributed by atoms with Crippen molar-refractivity contribution in [3.8, 4) is 0 Å². The van der Waals surface area contributed by atoms with E-state index in [1.54, 1.807) is 19.1 Å². The van der Waals surface area contributed by atoms with Gasteiger partial charge in [-0.25, -0.2) is 8.42 Å². The van der Waals surface area contributed by atoms with Crippen molar-refractivity contribution in [3.63, 3.8) is 0 Å². The fourth-order valence-corrected chi connectivity index (χ4v) is 3.35. The zero-order valence-electron chi connectivity index (χ0n) is 11.3. The molecule has 0 fully saturated rings. The Morgan fingerprint density at radius 2 is 2.05 bits per heavy atom. The average Bonchev–Trinajstić information content (AvgIpc) is 2.35. The molecule has 1 rings (SSSR count). The van der Waals surface area contributed by atoms with Gasteiger partial charge in [-0.05, 0) is 24.6 Å². The van der Waals surface area contributed by atoms with Crippen LogP contribution in [0.3, 0.4) is 0 Å². The first-order valence-electron chi connectivity index (χ1n) is 6.08. The molecule has 0 aliphatic carbocycles. The topological polar surface area (TPSA) is 74.7 Å². The maximum Gasteiger partial charge on any atom is 0.307 e. The van der Waals surface area contributed by atoms with Crippen LogP contribution in [0.4, 0.5) is 0 Å². The summed E-state index contributed by atoms with van der Waals surface area (Å²) in [5, 5.41) is 8.89. The first-order valence-corrected chi connectivity index (χ1v) is 7.52. The maximum atomic E-state index is 12.4. The van der Waals surface area contributed by atoms with E-state index in [4.69, 9.17) is 5.11 Å². The molecule has 1 unspecified atom stereocenters. The number of benzene rings is 1. The molecule has 1 aromatic rings. The van der Waals surface area contributed by atoms with Crippen LogP contribution in [-0.4, -0.2) is 36.9 Å². The molecule has 5 nitrogen and oxygen atoms in total. The van der Waals surface area contributed by atoms with Gasteiger partial charge in [0, 0.05) is 13.1 Å². The summed E-state index contributed by atoms with van der Waals surface area (Å²) in [6.45, 7) is 5.23.